The number of ether oxygens (including phenoxy) is 22. The summed E-state index contributed by atoms with van der Waals surface area (Å²) in [4.78, 5) is 209. The Morgan fingerprint density at radius 2 is 0.326 bits per heavy atom. The minimum atomic E-state index is -2.13. The van der Waals surface area contributed by atoms with Gasteiger partial charge in [0.25, 0.3) is 0 Å². The Bertz CT molecular complexity index is 3790. The first-order valence-corrected chi connectivity index (χ1v) is 40.2. The van der Waals surface area contributed by atoms with E-state index in [4.69, 9.17) is 104 Å². The zero-order valence-corrected chi connectivity index (χ0v) is 74.1. The van der Waals surface area contributed by atoms with Crippen LogP contribution in [-0.2, 0) is 186 Å². The lowest BCUT2D eigenvalue weighted by molar-refractivity contribution is -0.305. The maximum Gasteiger partial charge on any atom is 0.337 e. The summed E-state index contributed by atoms with van der Waals surface area (Å²) < 4.78 is 116. The molecule has 56 heteroatoms. The number of aliphatic hydroxyl groups excluding tert-OH is 17. The molecule has 4 rings (SSSR count). The number of hydrogen-bond acceptors (Lipinski definition) is 56. The topological polar surface area (TPSA) is 837 Å². The van der Waals surface area contributed by atoms with Crippen molar-refractivity contribution in [2.45, 2.75) is 332 Å². The molecule has 0 aromatic heterocycles. The molecule has 756 valence electrons. The normalized spacial score (nSPS) is 28.2. The Hall–Kier alpha value is -9.89. The van der Waals surface area contributed by atoms with Crippen molar-refractivity contribution in [1.29, 1.82) is 0 Å². The molecule has 0 amide bonds. The van der Waals surface area contributed by atoms with Crippen LogP contribution in [0.2, 0.25) is 0 Å². The van der Waals surface area contributed by atoms with E-state index in [9.17, 15) is 168 Å². The van der Waals surface area contributed by atoms with Crippen molar-refractivity contribution in [2.75, 3.05) is 39.6 Å². The Morgan fingerprint density at radius 1 is 0.174 bits per heavy atom. The van der Waals surface area contributed by atoms with E-state index >= 15 is 0 Å². The molecule has 4 aliphatic rings. The fourth-order valence-electron chi connectivity index (χ4n) is 10.5. The van der Waals surface area contributed by atoms with Crippen molar-refractivity contribution in [3.63, 3.8) is 0 Å². The van der Waals surface area contributed by atoms with Crippen LogP contribution in [-0.4, -0.2) is 442 Å². The van der Waals surface area contributed by atoms with E-state index in [-0.39, 0.29) is 0 Å². The highest BCUT2D eigenvalue weighted by atomic mass is 16.8. The molecule has 4 aliphatic heterocycles. The third-order valence-corrected chi connectivity index (χ3v) is 17.6. The number of rotatable bonds is 42. The molecule has 0 spiro atoms. The van der Waals surface area contributed by atoms with Crippen molar-refractivity contribution >= 4 is 101 Å². The summed E-state index contributed by atoms with van der Waals surface area (Å²) in [6.07, 6.45) is -62.3. The lowest BCUT2D eigenvalue weighted by Gasteiger charge is -2.46. The molecule has 56 nitrogen and oxygen atoms in total. The summed E-state index contributed by atoms with van der Waals surface area (Å²) >= 11 is 0. The minimum Gasteiger partial charge on any atom is -0.461 e. The van der Waals surface area contributed by atoms with Gasteiger partial charge in [-0.25, -0.2) is 81.5 Å². The first-order chi connectivity index (χ1) is 61.1. The molecular formula is C76H116O56. The zero-order chi connectivity index (χ0) is 101. The maximum absolute atomic E-state index is 13.0. The molecule has 0 aromatic rings. The van der Waals surface area contributed by atoms with Gasteiger partial charge in [-0.3, -0.25) is 0 Å². The fraction of sp³-hybridized carbons (Fsp3) is 0.776. The molecule has 0 aliphatic carbocycles. The monoisotopic (exact) mass is 1920 g/mol. The highest BCUT2D eigenvalue weighted by molar-refractivity contribution is 5.81. The predicted octanol–water partition coefficient (Wildman–Crippen LogP) is -12.1. The molecule has 36 atom stereocenters. The van der Waals surface area contributed by atoms with Crippen LogP contribution in [0.25, 0.3) is 0 Å². The zero-order valence-electron chi connectivity index (χ0n) is 74.1. The number of hydrogen-bond donors (Lipinski definition) is 17. The lowest BCUT2D eigenvalue weighted by atomic mass is 9.89. The van der Waals surface area contributed by atoms with Crippen LogP contribution >= 0.6 is 0 Å². The number of carbonyl (C=O) groups excluding carboxylic acids is 17. The molecule has 17 N–H and O–H groups in total. The molecule has 0 bridgehead atoms. The summed E-state index contributed by atoms with van der Waals surface area (Å²) in [5.41, 5.74) is 0. The van der Waals surface area contributed by atoms with Gasteiger partial charge in [-0.15, -0.1) is 0 Å². The minimum absolute atomic E-state index is 0.618. The maximum atomic E-state index is 13.0. The van der Waals surface area contributed by atoms with Gasteiger partial charge in [0.1, 0.15) is 161 Å². The van der Waals surface area contributed by atoms with Crippen LogP contribution in [0.5, 0.6) is 0 Å². The van der Waals surface area contributed by atoms with Crippen LogP contribution in [0.3, 0.4) is 0 Å². The Morgan fingerprint density at radius 3 is 0.561 bits per heavy atom. The van der Waals surface area contributed by atoms with Gasteiger partial charge >= 0.3 is 101 Å². The van der Waals surface area contributed by atoms with E-state index in [0.29, 0.717) is 0 Å². The average molecular weight is 1930 g/mol. The highest BCUT2D eigenvalue weighted by Crippen LogP contribution is 2.37. The third-order valence-electron chi connectivity index (χ3n) is 17.6. The molecule has 4 fully saturated rings. The Balaban J connectivity index is 0.000000740. The van der Waals surface area contributed by atoms with Gasteiger partial charge in [0.2, 0.25) is 37.2 Å². The summed E-state index contributed by atoms with van der Waals surface area (Å²) in [5, 5.41) is 165. The second-order valence-corrected chi connectivity index (χ2v) is 29.9. The summed E-state index contributed by atoms with van der Waals surface area (Å²) in [6, 6.07) is 0. The van der Waals surface area contributed by atoms with Gasteiger partial charge in [-0.2, -0.15) is 0 Å². The van der Waals surface area contributed by atoms with Crippen molar-refractivity contribution in [3.8, 4) is 0 Å². The molecule has 36 unspecified atom stereocenters. The van der Waals surface area contributed by atoms with Gasteiger partial charge in [-0.1, -0.05) is 0 Å². The van der Waals surface area contributed by atoms with Gasteiger partial charge in [0.05, 0.1) is 19.1 Å². The van der Waals surface area contributed by atoms with E-state index in [1.54, 1.807) is 0 Å². The van der Waals surface area contributed by atoms with Crippen molar-refractivity contribution < 1.29 is 273 Å². The Kier molecular flexibility index (Phi) is 49.9. The van der Waals surface area contributed by atoms with E-state index in [2.05, 4.69) is 0 Å². The molecule has 0 radical (unpaired) electrons. The van der Waals surface area contributed by atoms with Crippen LogP contribution in [0.1, 0.15) is 118 Å². The molecular weight excluding hydrogens is 1810 g/mol. The second kappa shape index (κ2) is 55.7. The highest BCUT2D eigenvalue weighted by Gasteiger charge is 2.59. The standard InChI is InChI=1S/C38H58O27.C21H32O16.C17H26O13/c1-13(39)30(47)56-11-22-21(25(60-32(49)15(3)41)29(64-36(53)19(7)45)38(59-22)65-37(54)20(8)46)9-55-10-23-26(61-33(50)16(4)42)28(63-35(52)18(6)44)27(62-34(51)17(5)43)24(58-23)12-57-31(48)14(2)40;1-7(22)16(27)32-6-12-13(34-17(28)8(2)23)14(35-18(29)9(3)24)15(36-19(30)10(4)25)21(33-12)37-20(31)11(5)26;1-6(18)13(22)26-5-10-11(28-14(23)7(2)19)12(29-15(24)8(3)20)17(27-10)30-16(25)9(4)21/h13-29,38-46H,9-12H2,1-8H3;7-15,21-26H,6H2,1-5H3;6-12,17-21H,5H2,1-4H3. The van der Waals surface area contributed by atoms with E-state index < -0.39 is 361 Å². The van der Waals surface area contributed by atoms with E-state index in [0.717, 1.165) is 118 Å². The second-order valence-electron chi connectivity index (χ2n) is 29.9. The van der Waals surface area contributed by atoms with Gasteiger partial charge in [0.15, 0.2) is 42.7 Å². The number of carbonyl (C=O) groups is 17. The molecule has 4 saturated heterocycles. The number of esters is 17. The van der Waals surface area contributed by atoms with Gasteiger partial charge in [-0.05, 0) is 118 Å². The van der Waals surface area contributed by atoms with Crippen molar-refractivity contribution in [3.05, 3.63) is 0 Å². The summed E-state index contributed by atoms with van der Waals surface area (Å²) in [6.45, 7) is 12.7. The molecule has 0 saturated carbocycles. The SMILES string of the molecule is CC(O)C(=O)OCC1OC(OC(=O)C(C)O)C(OC(=O)C(C)O)C(OC(=O)C(C)O)C1COCC1OC(COC(=O)C(C)O)C(OC(=O)C(C)O)C(OC(=O)C(C)O)C1OC(=O)C(C)O.CC(O)C(=O)OCC1OC(OC(=O)C(C)O)C(OC(=O)C(C)O)C(OC(=O)C(C)O)C1OC(=O)C(C)O.CC(O)C(=O)OCC1OC(OC(=O)C(C)O)C(OC(=O)C(C)O)C1OC(=O)C(C)O. The number of aliphatic hydroxyl groups is 17. The Labute approximate surface area is 749 Å². The lowest BCUT2D eigenvalue weighted by Crippen LogP contribution is -2.64. The third kappa shape index (κ3) is 37.9. The quantitative estimate of drug-likeness (QED) is 0.0199. The predicted molar refractivity (Wildman–Crippen MR) is 408 cm³/mol. The summed E-state index contributed by atoms with van der Waals surface area (Å²) in [7, 11) is 0. The van der Waals surface area contributed by atoms with Crippen molar-refractivity contribution in [2.24, 2.45) is 5.92 Å². The van der Waals surface area contributed by atoms with E-state index in [1.165, 1.54) is 0 Å². The van der Waals surface area contributed by atoms with E-state index in [1.807, 2.05) is 0 Å². The van der Waals surface area contributed by atoms with Crippen LogP contribution < -0.4 is 0 Å². The molecule has 0 aromatic carbocycles. The van der Waals surface area contributed by atoms with Crippen LogP contribution in [0, 0.1) is 5.92 Å². The molecule has 132 heavy (non-hydrogen) atoms. The fourth-order valence-corrected chi connectivity index (χ4v) is 10.5. The largest absolute Gasteiger partial charge is 0.461 e. The first kappa shape index (κ1) is 118. The van der Waals surface area contributed by atoms with Gasteiger partial charge < -0.3 is 191 Å². The first-order valence-electron chi connectivity index (χ1n) is 40.2. The van der Waals surface area contributed by atoms with Crippen LogP contribution in [0.15, 0.2) is 0 Å². The van der Waals surface area contributed by atoms with Gasteiger partial charge in [0, 0.05) is 0 Å². The van der Waals surface area contributed by atoms with Crippen molar-refractivity contribution in [1.82, 2.24) is 0 Å². The van der Waals surface area contributed by atoms with Crippen LogP contribution in [0.4, 0.5) is 0 Å². The molecule has 4 heterocycles. The smallest absolute Gasteiger partial charge is 0.337 e. The summed E-state index contributed by atoms with van der Waals surface area (Å²) in [5.74, 6) is -23.4. The average Bonchev–Trinajstić information content (AvgIpc) is 1.14.